The van der Waals surface area contributed by atoms with E-state index in [9.17, 15) is 19.7 Å². The van der Waals surface area contributed by atoms with Crippen molar-refractivity contribution in [3.8, 4) is 11.3 Å². The van der Waals surface area contributed by atoms with E-state index in [-0.39, 0.29) is 36.6 Å². The van der Waals surface area contributed by atoms with Gasteiger partial charge in [0, 0.05) is 29.6 Å². The molecule has 1 amide bonds. The molecule has 0 saturated heterocycles. The van der Waals surface area contributed by atoms with Crippen molar-refractivity contribution in [3.05, 3.63) is 52.4 Å². The molecule has 2 aromatic rings. The van der Waals surface area contributed by atoms with Gasteiger partial charge < -0.3 is 4.74 Å². The fourth-order valence-corrected chi connectivity index (χ4v) is 3.52. The maximum atomic E-state index is 12.5. The number of benzene rings is 1. The molecule has 1 saturated carbocycles. The Morgan fingerprint density at radius 1 is 1.36 bits per heavy atom. The van der Waals surface area contributed by atoms with Gasteiger partial charge in [0.05, 0.1) is 16.5 Å². The molecule has 9 heteroatoms. The summed E-state index contributed by atoms with van der Waals surface area (Å²) in [5.74, 6) is -0.796. The summed E-state index contributed by atoms with van der Waals surface area (Å²) < 4.78 is 5.13. The monoisotopic (exact) mass is 401 g/mol. The Kier molecular flexibility index (Phi) is 6.15. The highest BCUT2D eigenvalue weighted by Gasteiger charge is 2.28. The molecule has 28 heavy (non-hydrogen) atoms. The first kappa shape index (κ1) is 19.7. The molecular weight excluding hydrogens is 382 g/mol. The molecule has 0 radical (unpaired) electrons. The van der Waals surface area contributed by atoms with Gasteiger partial charge in [-0.15, -0.1) is 17.9 Å². The molecule has 1 fully saturated rings. The predicted octanol–water partition coefficient (Wildman–Crippen LogP) is 3.58. The van der Waals surface area contributed by atoms with Gasteiger partial charge >= 0.3 is 5.97 Å². The highest BCUT2D eigenvalue weighted by atomic mass is 32.1. The molecule has 1 aromatic heterocycles. The number of amides is 1. The van der Waals surface area contributed by atoms with Crippen molar-refractivity contribution in [1.82, 2.24) is 4.98 Å². The molecule has 0 bridgehead atoms. The second kappa shape index (κ2) is 8.75. The van der Waals surface area contributed by atoms with Crippen molar-refractivity contribution < 1.29 is 19.2 Å². The average Bonchev–Trinajstić information content (AvgIpc) is 3.12. The summed E-state index contributed by atoms with van der Waals surface area (Å²) in [6.07, 6.45) is 4.21. The van der Waals surface area contributed by atoms with Crippen molar-refractivity contribution in [2.75, 3.05) is 18.1 Å². The maximum absolute atomic E-state index is 12.5. The minimum absolute atomic E-state index is 0.00376. The molecule has 3 rings (SSSR count). The molecule has 0 unspecified atom stereocenters. The number of nitrogens with zero attached hydrogens (tertiary/aromatic N) is 3. The lowest BCUT2D eigenvalue weighted by atomic mass is 9.86. The molecule has 0 spiro atoms. The number of nitro groups is 1. The van der Waals surface area contributed by atoms with Crippen LogP contribution in [-0.2, 0) is 14.3 Å². The Balaban J connectivity index is 1.69. The van der Waals surface area contributed by atoms with E-state index in [1.807, 2.05) is 0 Å². The second-order valence-corrected chi connectivity index (χ2v) is 7.18. The number of rotatable bonds is 8. The normalized spacial score (nSPS) is 13.4. The number of carbonyl (C=O) groups is 2. The number of aromatic nitrogens is 1. The van der Waals surface area contributed by atoms with Crippen LogP contribution in [0.4, 0.5) is 10.8 Å². The molecule has 0 atom stereocenters. The number of hydrogen-bond donors (Lipinski definition) is 0. The average molecular weight is 401 g/mol. The van der Waals surface area contributed by atoms with Crippen molar-refractivity contribution in [1.29, 1.82) is 0 Å². The minimum Gasteiger partial charge on any atom is -0.455 e. The van der Waals surface area contributed by atoms with Gasteiger partial charge in [-0.25, -0.2) is 4.98 Å². The van der Waals surface area contributed by atoms with Crippen LogP contribution in [0.5, 0.6) is 0 Å². The zero-order valence-electron chi connectivity index (χ0n) is 15.1. The van der Waals surface area contributed by atoms with Crippen LogP contribution >= 0.6 is 11.3 Å². The molecule has 1 aliphatic rings. The highest BCUT2D eigenvalue weighted by molar-refractivity contribution is 7.14. The van der Waals surface area contributed by atoms with Gasteiger partial charge in [-0.05, 0) is 25.0 Å². The minimum atomic E-state index is -0.467. The Morgan fingerprint density at radius 2 is 2.07 bits per heavy atom. The van der Waals surface area contributed by atoms with Gasteiger partial charge in [0.15, 0.2) is 11.7 Å². The van der Waals surface area contributed by atoms with Crippen molar-refractivity contribution in [3.63, 3.8) is 0 Å². The maximum Gasteiger partial charge on any atom is 0.309 e. The van der Waals surface area contributed by atoms with E-state index < -0.39 is 4.92 Å². The fourth-order valence-electron chi connectivity index (χ4n) is 2.66. The van der Waals surface area contributed by atoms with Crippen molar-refractivity contribution in [2.24, 2.45) is 5.92 Å². The zero-order chi connectivity index (χ0) is 20.1. The van der Waals surface area contributed by atoms with Crippen molar-refractivity contribution >= 4 is 34.0 Å². The van der Waals surface area contributed by atoms with Crippen LogP contribution in [-0.4, -0.2) is 34.9 Å². The smallest absolute Gasteiger partial charge is 0.309 e. The van der Waals surface area contributed by atoms with E-state index >= 15 is 0 Å². The number of non-ortho nitro benzene ring substituents is 1. The Bertz CT molecular complexity index is 889. The number of thiazole rings is 1. The fraction of sp³-hybridized carbons (Fsp3) is 0.316. The van der Waals surface area contributed by atoms with Crippen LogP contribution in [0.15, 0.2) is 42.3 Å². The van der Waals surface area contributed by atoms with Crippen molar-refractivity contribution in [2.45, 2.75) is 19.3 Å². The first-order valence-corrected chi connectivity index (χ1v) is 9.66. The van der Waals surface area contributed by atoms with Gasteiger partial charge in [0.1, 0.15) is 0 Å². The van der Waals surface area contributed by atoms with Gasteiger partial charge in [0.2, 0.25) is 0 Å². The summed E-state index contributed by atoms with van der Waals surface area (Å²) in [6.45, 7) is 3.55. The summed E-state index contributed by atoms with van der Waals surface area (Å²) in [4.78, 5) is 40.5. The summed E-state index contributed by atoms with van der Waals surface area (Å²) >= 11 is 1.26. The zero-order valence-corrected chi connectivity index (χ0v) is 15.9. The summed E-state index contributed by atoms with van der Waals surface area (Å²) in [6, 6.07) is 6.02. The van der Waals surface area contributed by atoms with E-state index in [4.69, 9.17) is 4.74 Å². The lowest BCUT2D eigenvalue weighted by Crippen LogP contribution is -2.36. The molecule has 0 aliphatic heterocycles. The van der Waals surface area contributed by atoms with Crippen LogP contribution in [0.25, 0.3) is 11.3 Å². The van der Waals surface area contributed by atoms with Crippen LogP contribution in [0.1, 0.15) is 19.3 Å². The van der Waals surface area contributed by atoms with Crippen LogP contribution < -0.4 is 4.90 Å². The van der Waals surface area contributed by atoms with Gasteiger partial charge in [0.25, 0.3) is 11.6 Å². The molecule has 1 aromatic carbocycles. The first-order valence-electron chi connectivity index (χ1n) is 8.78. The van der Waals surface area contributed by atoms with E-state index in [0.29, 0.717) is 16.4 Å². The Hall–Kier alpha value is -3.07. The SMILES string of the molecule is C=CCN(C(=O)COC(=O)C1CCC1)c1nc(-c2ccc([N+](=O)[O-])cc2)cs1. The Labute approximate surface area is 165 Å². The number of esters is 1. The van der Waals surface area contributed by atoms with Gasteiger partial charge in [-0.2, -0.15) is 0 Å². The number of hydrogen-bond acceptors (Lipinski definition) is 7. The number of nitro benzene ring substituents is 1. The quantitative estimate of drug-likeness (QED) is 0.290. The van der Waals surface area contributed by atoms with E-state index in [2.05, 4.69) is 11.6 Å². The standard InChI is InChI=1S/C19H19N3O5S/c1-2-10-21(17(23)11-27-18(24)14-4-3-5-14)19-20-16(12-28-19)13-6-8-15(9-7-13)22(25)26/h2,6-9,12,14H,1,3-5,10-11H2. The molecule has 8 nitrogen and oxygen atoms in total. The van der Waals surface area contributed by atoms with Gasteiger partial charge in [-0.3, -0.25) is 24.6 Å². The van der Waals surface area contributed by atoms with Crippen LogP contribution in [0, 0.1) is 16.0 Å². The highest BCUT2D eigenvalue weighted by Crippen LogP contribution is 2.29. The second-order valence-electron chi connectivity index (χ2n) is 6.35. The third-order valence-electron chi connectivity index (χ3n) is 4.49. The molecule has 0 N–H and O–H groups in total. The van der Waals surface area contributed by atoms with Crippen LogP contribution in [0.2, 0.25) is 0 Å². The molecule has 146 valence electrons. The van der Waals surface area contributed by atoms with E-state index in [1.165, 1.54) is 28.4 Å². The third kappa shape index (κ3) is 4.42. The Morgan fingerprint density at radius 3 is 2.64 bits per heavy atom. The topological polar surface area (TPSA) is 103 Å². The number of carbonyl (C=O) groups excluding carboxylic acids is 2. The third-order valence-corrected chi connectivity index (χ3v) is 5.35. The first-order chi connectivity index (χ1) is 13.5. The van der Waals surface area contributed by atoms with E-state index in [0.717, 1.165) is 19.3 Å². The molecule has 1 aliphatic carbocycles. The van der Waals surface area contributed by atoms with Crippen LogP contribution in [0.3, 0.4) is 0 Å². The molecule has 1 heterocycles. The van der Waals surface area contributed by atoms with E-state index in [1.54, 1.807) is 23.6 Å². The number of ether oxygens (including phenoxy) is 1. The lowest BCUT2D eigenvalue weighted by Gasteiger charge is -2.24. The molecular formula is C19H19N3O5S. The largest absolute Gasteiger partial charge is 0.455 e. The summed E-state index contributed by atoms with van der Waals surface area (Å²) in [5, 5.41) is 13.0. The number of anilines is 1. The van der Waals surface area contributed by atoms with Gasteiger partial charge in [-0.1, -0.05) is 12.5 Å². The lowest BCUT2D eigenvalue weighted by molar-refractivity contribution is -0.384. The predicted molar refractivity (Wildman–Crippen MR) is 105 cm³/mol. The summed E-state index contributed by atoms with van der Waals surface area (Å²) in [7, 11) is 0. The summed E-state index contributed by atoms with van der Waals surface area (Å²) in [5.41, 5.74) is 1.30.